The van der Waals surface area contributed by atoms with Crippen molar-refractivity contribution in [2.45, 2.75) is 26.4 Å². The fourth-order valence-electron chi connectivity index (χ4n) is 4.16. The fraction of sp³-hybridized carbons (Fsp3) is 0.280. The van der Waals surface area contributed by atoms with E-state index in [0.717, 1.165) is 29.0 Å². The maximum absolute atomic E-state index is 12.9. The van der Waals surface area contributed by atoms with Gasteiger partial charge in [-0.1, -0.05) is 47.5 Å². The second-order valence-corrected chi connectivity index (χ2v) is 8.50. The van der Waals surface area contributed by atoms with E-state index in [4.69, 9.17) is 0 Å². The van der Waals surface area contributed by atoms with E-state index in [1.165, 1.54) is 11.1 Å². The van der Waals surface area contributed by atoms with Gasteiger partial charge >= 0.3 is 0 Å². The molecule has 0 bridgehead atoms. The number of hydrogen-bond donors (Lipinski definition) is 2. The van der Waals surface area contributed by atoms with Gasteiger partial charge in [0.1, 0.15) is 18.2 Å². The molecule has 8 nitrogen and oxygen atoms in total. The molecule has 3 heterocycles. The summed E-state index contributed by atoms with van der Waals surface area (Å²) in [6.07, 6.45) is 3.50. The number of anilines is 1. The van der Waals surface area contributed by atoms with Crippen molar-refractivity contribution in [2.24, 2.45) is 0 Å². The molecule has 33 heavy (non-hydrogen) atoms. The molecule has 1 aliphatic rings. The Morgan fingerprint density at radius 3 is 2.79 bits per heavy atom. The molecule has 2 N–H and O–H groups in total. The molecular formula is C25H27N7O. The highest BCUT2D eigenvalue weighted by Crippen LogP contribution is 2.24. The Bertz CT molecular complexity index is 1280. The Morgan fingerprint density at radius 1 is 1.12 bits per heavy atom. The van der Waals surface area contributed by atoms with E-state index in [1.807, 2.05) is 35.1 Å². The van der Waals surface area contributed by atoms with Crippen molar-refractivity contribution < 1.29 is 4.79 Å². The molecule has 4 aromatic rings. The topological polar surface area (TPSA) is 88.0 Å². The van der Waals surface area contributed by atoms with Gasteiger partial charge in [0.2, 0.25) is 5.91 Å². The van der Waals surface area contributed by atoms with E-state index in [0.29, 0.717) is 25.3 Å². The van der Waals surface area contributed by atoms with Gasteiger partial charge in [-0.2, -0.15) is 0 Å². The fourth-order valence-corrected chi connectivity index (χ4v) is 4.16. The van der Waals surface area contributed by atoms with Crippen molar-refractivity contribution in [3.8, 4) is 5.69 Å². The van der Waals surface area contributed by atoms with Gasteiger partial charge in [-0.3, -0.25) is 4.79 Å². The van der Waals surface area contributed by atoms with Crippen molar-refractivity contribution in [2.75, 3.05) is 24.5 Å². The van der Waals surface area contributed by atoms with Crippen molar-refractivity contribution in [3.63, 3.8) is 0 Å². The molecule has 1 atom stereocenters. The van der Waals surface area contributed by atoms with E-state index in [-0.39, 0.29) is 11.9 Å². The molecule has 1 unspecified atom stereocenters. The van der Waals surface area contributed by atoms with Crippen LogP contribution in [0, 0.1) is 13.8 Å². The maximum atomic E-state index is 12.9. The summed E-state index contributed by atoms with van der Waals surface area (Å²) in [6.45, 7) is 6.60. The van der Waals surface area contributed by atoms with Crippen molar-refractivity contribution >= 4 is 22.8 Å². The summed E-state index contributed by atoms with van der Waals surface area (Å²) >= 11 is 0. The minimum atomic E-state index is -0.319. The van der Waals surface area contributed by atoms with E-state index < -0.39 is 0 Å². The van der Waals surface area contributed by atoms with Crippen LogP contribution in [0.25, 0.3) is 16.7 Å². The predicted octanol–water partition coefficient (Wildman–Crippen LogP) is 2.53. The van der Waals surface area contributed by atoms with Gasteiger partial charge in [0.25, 0.3) is 0 Å². The molecule has 1 amide bonds. The Balaban J connectivity index is 1.33. The molecule has 5 rings (SSSR count). The molecule has 1 fully saturated rings. The van der Waals surface area contributed by atoms with Gasteiger partial charge in [-0.05, 0) is 31.5 Å². The second-order valence-electron chi connectivity index (χ2n) is 8.50. The molecule has 1 saturated heterocycles. The summed E-state index contributed by atoms with van der Waals surface area (Å²) in [4.78, 5) is 23.9. The van der Waals surface area contributed by atoms with E-state index >= 15 is 0 Å². The minimum absolute atomic E-state index is 0.0122. The Morgan fingerprint density at radius 2 is 1.97 bits per heavy atom. The van der Waals surface area contributed by atoms with Gasteiger partial charge in [0, 0.05) is 32.4 Å². The molecule has 0 aliphatic carbocycles. The number of aryl methyl sites for hydroxylation is 2. The van der Waals surface area contributed by atoms with E-state index in [9.17, 15) is 4.79 Å². The average Bonchev–Trinajstić information content (AvgIpc) is 3.27. The number of fused-ring (bicyclic) bond motifs is 1. The molecule has 8 heteroatoms. The Hall–Kier alpha value is -3.78. The van der Waals surface area contributed by atoms with Crippen molar-refractivity contribution in [1.29, 1.82) is 0 Å². The third kappa shape index (κ3) is 4.56. The quantitative estimate of drug-likeness (QED) is 0.495. The summed E-state index contributed by atoms with van der Waals surface area (Å²) in [6, 6.07) is 16.0. The van der Waals surface area contributed by atoms with E-state index in [2.05, 4.69) is 68.7 Å². The third-order valence-electron chi connectivity index (χ3n) is 5.93. The molecule has 168 valence electrons. The first kappa shape index (κ1) is 21.1. The number of aromatic nitrogens is 4. The number of nitrogens with one attached hydrogen (secondary N) is 2. The zero-order chi connectivity index (χ0) is 22.8. The summed E-state index contributed by atoms with van der Waals surface area (Å²) in [5.41, 5.74) is 5.08. The summed E-state index contributed by atoms with van der Waals surface area (Å²) in [7, 11) is 0. The number of amides is 1. The number of nitrogens with zero attached hydrogens (tertiary/aromatic N) is 5. The van der Waals surface area contributed by atoms with Crippen molar-refractivity contribution in [3.05, 3.63) is 77.7 Å². The number of rotatable bonds is 5. The highest BCUT2D eigenvalue weighted by molar-refractivity contribution is 5.88. The van der Waals surface area contributed by atoms with Crippen LogP contribution in [-0.4, -0.2) is 51.3 Å². The number of benzene rings is 2. The van der Waals surface area contributed by atoms with Crippen LogP contribution in [0.2, 0.25) is 0 Å². The Kier molecular flexibility index (Phi) is 5.75. The number of carbonyl (C=O) groups is 1. The third-order valence-corrected chi connectivity index (χ3v) is 5.93. The normalized spacial score (nSPS) is 16.2. The lowest BCUT2D eigenvalue weighted by molar-refractivity contribution is -0.123. The SMILES string of the molecule is Cc1ccc(-n2cc3c(N4CCNC(C(=O)NCc5cccc(C)c5)C4)ncnc3n2)cc1. The number of hydrogen-bond acceptors (Lipinski definition) is 6. The first-order valence-electron chi connectivity index (χ1n) is 11.2. The summed E-state index contributed by atoms with van der Waals surface area (Å²) < 4.78 is 1.83. The molecule has 0 spiro atoms. The largest absolute Gasteiger partial charge is 0.353 e. The molecule has 0 radical (unpaired) electrons. The molecular weight excluding hydrogens is 414 g/mol. The zero-order valence-electron chi connectivity index (χ0n) is 18.8. The lowest BCUT2D eigenvalue weighted by atomic mass is 10.1. The predicted molar refractivity (Wildman–Crippen MR) is 128 cm³/mol. The number of piperazine rings is 1. The molecule has 2 aromatic carbocycles. The maximum Gasteiger partial charge on any atom is 0.239 e. The lowest BCUT2D eigenvalue weighted by Gasteiger charge is -2.33. The van der Waals surface area contributed by atoms with Crippen LogP contribution in [0.15, 0.2) is 61.1 Å². The molecule has 0 saturated carbocycles. The van der Waals surface area contributed by atoms with Crippen LogP contribution < -0.4 is 15.5 Å². The van der Waals surface area contributed by atoms with Crippen LogP contribution in [0.1, 0.15) is 16.7 Å². The summed E-state index contributed by atoms with van der Waals surface area (Å²) in [5, 5.41) is 11.9. The molecule has 1 aliphatic heterocycles. The smallest absolute Gasteiger partial charge is 0.239 e. The highest BCUT2D eigenvalue weighted by atomic mass is 16.2. The van der Waals surface area contributed by atoms with Crippen LogP contribution in [-0.2, 0) is 11.3 Å². The van der Waals surface area contributed by atoms with Gasteiger partial charge in [0.05, 0.1) is 11.1 Å². The standard InChI is InChI=1S/C25H27N7O/c1-17-6-8-20(9-7-17)32-14-21-23(30-32)28-16-29-24(21)31-11-10-26-22(15-31)25(33)27-13-19-5-3-4-18(2)12-19/h3-9,12,14,16,22,26H,10-11,13,15H2,1-2H3,(H,27,33). The van der Waals surface area contributed by atoms with Crippen LogP contribution >= 0.6 is 0 Å². The molecule has 2 aromatic heterocycles. The van der Waals surface area contributed by atoms with Gasteiger partial charge in [-0.25, -0.2) is 14.6 Å². The summed E-state index contributed by atoms with van der Waals surface area (Å²) in [5.74, 6) is 0.790. The number of carbonyl (C=O) groups excluding carboxylic acids is 1. The van der Waals surface area contributed by atoms with Gasteiger partial charge in [0.15, 0.2) is 5.65 Å². The van der Waals surface area contributed by atoms with Crippen LogP contribution in [0.4, 0.5) is 5.82 Å². The first-order chi connectivity index (χ1) is 16.1. The van der Waals surface area contributed by atoms with Crippen LogP contribution in [0.5, 0.6) is 0 Å². The minimum Gasteiger partial charge on any atom is -0.353 e. The first-order valence-corrected chi connectivity index (χ1v) is 11.2. The highest BCUT2D eigenvalue weighted by Gasteiger charge is 2.27. The van der Waals surface area contributed by atoms with Crippen molar-refractivity contribution in [1.82, 2.24) is 30.4 Å². The Labute approximate surface area is 192 Å². The van der Waals surface area contributed by atoms with E-state index in [1.54, 1.807) is 6.33 Å². The lowest BCUT2D eigenvalue weighted by Crippen LogP contribution is -2.57. The second kappa shape index (κ2) is 8.99. The average molecular weight is 442 g/mol. The van der Waals surface area contributed by atoms with Gasteiger partial charge < -0.3 is 15.5 Å². The zero-order valence-corrected chi connectivity index (χ0v) is 18.8. The van der Waals surface area contributed by atoms with Crippen LogP contribution in [0.3, 0.4) is 0 Å². The monoisotopic (exact) mass is 441 g/mol. The van der Waals surface area contributed by atoms with Gasteiger partial charge in [-0.15, -0.1) is 5.10 Å².